The molecule has 0 unspecified atom stereocenters. The molecule has 15 heavy (non-hydrogen) atoms. The Morgan fingerprint density at radius 2 is 1.93 bits per heavy atom. The standard InChI is InChI=1S/C12H15N3/c1-9-4-3-5-10(2)12(9)15-7-6-11(13)14-8-15/h3-6,8H,7,13H2,1-2H3. The van der Waals surface area contributed by atoms with Crippen LogP contribution in [0.3, 0.4) is 0 Å². The highest BCUT2D eigenvalue weighted by molar-refractivity contribution is 5.84. The Hall–Kier alpha value is -1.77. The van der Waals surface area contributed by atoms with Crippen molar-refractivity contribution < 1.29 is 0 Å². The van der Waals surface area contributed by atoms with E-state index in [1.54, 1.807) is 6.34 Å². The maximum Gasteiger partial charge on any atom is 0.122 e. The van der Waals surface area contributed by atoms with Crippen LogP contribution >= 0.6 is 0 Å². The zero-order valence-corrected chi connectivity index (χ0v) is 9.07. The molecule has 3 heteroatoms. The average molecular weight is 201 g/mol. The van der Waals surface area contributed by atoms with E-state index in [0.29, 0.717) is 5.82 Å². The second kappa shape index (κ2) is 3.77. The third kappa shape index (κ3) is 1.86. The van der Waals surface area contributed by atoms with Crippen LogP contribution in [0.2, 0.25) is 0 Å². The molecule has 0 aromatic heterocycles. The van der Waals surface area contributed by atoms with Gasteiger partial charge in [-0.2, -0.15) is 0 Å². The number of hydrogen-bond acceptors (Lipinski definition) is 3. The predicted octanol–water partition coefficient (Wildman–Crippen LogP) is 1.95. The summed E-state index contributed by atoms with van der Waals surface area (Å²) in [6.45, 7) is 5.01. The molecule has 0 saturated carbocycles. The summed E-state index contributed by atoms with van der Waals surface area (Å²) in [7, 11) is 0. The lowest BCUT2D eigenvalue weighted by Gasteiger charge is -2.24. The van der Waals surface area contributed by atoms with Gasteiger partial charge in [-0.1, -0.05) is 18.2 Å². The highest BCUT2D eigenvalue weighted by atomic mass is 15.2. The van der Waals surface area contributed by atoms with Crippen LogP contribution in [-0.4, -0.2) is 12.9 Å². The Bertz CT molecular complexity index is 412. The molecule has 0 saturated heterocycles. The Morgan fingerprint density at radius 1 is 1.27 bits per heavy atom. The van der Waals surface area contributed by atoms with Crippen molar-refractivity contribution >= 4 is 12.0 Å². The molecule has 1 aromatic rings. The fourth-order valence-electron chi connectivity index (χ4n) is 1.84. The van der Waals surface area contributed by atoms with E-state index >= 15 is 0 Å². The molecule has 1 aromatic carbocycles. The maximum atomic E-state index is 5.59. The van der Waals surface area contributed by atoms with Gasteiger partial charge >= 0.3 is 0 Å². The zero-order chi connectivity index (χ0) is 10.8. The Kier molecular flexibility index (Phi) is 2.46. The Balaban J connectivity index is 2.36. The van der Waals surface area contributed by atoms with Gasteiger partial charge in [-0.15, -0.1) is 0 Å². The molecule has 0 fully saturated rings. The summed E-state index contributed by atoms with van der Waals surface area (Å²) in [6.07, 6.45) is 3.72. The summed E-state index contributed by atoms with van der Waals surface area (Å²) in [4.78, 5) is 6.22. The number of nitrogens with zero attached hydrogens (tertiary/aromatic N) is 2. The highest BCUT2D eigenvalue weighted by Crippen LogP contribution is 2.24. The van der Waals surface area contributed by atoms with Gasteiger partial charge in [0.2, 0.25) is 0 Å². The molecule has 0 amide bonds. The van der Waals surface area contributed by atoms with Crippen molar-refractivity contribution in [2.45, 2.75) is 13.8 Å². The van der Waals surface area contributed by atoms with Gasteiger partial charge in [-0.25, -0.2) is 4.99 Å². The third-order valence-electron chi connectivity index (χ3n) is 2.57. The van der Waals surface area contributed by atoms with E-state index in [1.165, 1.54) is 16.8 Å². The second-order valence-electron chi connectivity index (χ2n) is 3.77. The molecule has 1 heterocycles. The van der Waals surface area contributed by atoms with Crippen LogP contribution < -0.4 is 10.6 Å². The molecule has 2 N–H and O–H groups in total. The summed E-state index contributed by atoms with van der Waals surface area (Å²) >= 11 is 0. The van der Waals surface area contributed by atoms with Crippen LogP contribution in [0.5, 0.6) is 0 Å². The minimum atomic E-state index is 0.595. The summed E-state index contributed by atoms with van der Waals surface area (Å²) in [5.41, 5.74) is 9.33. The molecule has 2 rings (SSSR count). The largest absolute Gasteiger partial charge is 0.384 e. The number of rotatable bonds is 1. The molecule has 0 aliphatic carbocycles. The first-order chi connectivity index (χ1) is 7.18. The van der Waals surface area contributed by atoms with Crippen LogP contribution in [0.1, 0.15) is 11.1 Å². The van der Waals surface area contributed by atoms with Crippen LogP contribution in [0.25, 0.3) is 0 Å². The molecule has 1 aliphatic rings. The predicted molar refractivity (Wildman–Crippen MR) is 64.0 cm³/mol. The first kappa shape index (κ1) is 9.77. The monoisotopic (exact) mass is 201 g/mol. The van der Waals surface area contributed by atoms with Gasteiger partial charge < -0.3 is 10.6 Å². The number of nitrogens with two attached hydrogens (primary N) is 1. The van der Waals surface area contributed by atoms with Crippen molar-refractivity contribution in [2.75, 3.05) is 11.4 Å². The lowest BCUT2D eigenvalue weighted by Crippen LogP contribution is -2.26. The van der Waals surface area contributed by atoms with Crippen LogP contribution in [0, 0.1) is 13.8 Å². The van der Waals surface area contributed by atoms with Gasteiger partial charge in [-0.05, 0) is 31.1 Å². The first-order valence-corrected chi connectivity index (χ1v) is 5.01. The maximum absolute atomic E-state index is 5.59. The topological polar surface area (TPSA) is 41.6 Å². The number of benzene rings is 1. The number of aryl methyl sites for hydroxylation is 2. The fourth-order valence-corrected chi connectivity index (χ4v) is 1.84. The number of anilines is 1. The van der Waals surface area contributed by atoms with Crippen LogP contribution in [-0.2, 0) is 0 Å². The molecule has 0 radical (unpaired) electrons. The van der Waals surface area contributed by atoms with Gasteiger partial charge in [0.25, 0.3) is 0 Å². The van der Waals surface area contributed by atoms with Crippen molar-refractivity contribution in [3.63, 3.8) is 0 Å². The van der Waals surface area contributed by atoms with E-state index in [0.717, 1.165) is 6.54 Å². The van der Waals surface area contributed by atoms with Gasteiger partial charge in [0, 0.05) is 12.2 Å². The fraction of sp³-hybridized carbons (Fsp3) is 0.250. The second-order valence-corrected chi connectivity index (χ2v) is 3.77. The summed E-state index contributed by atoms with van der Waals surface area (Å²) < 4.78 is 0. The molecule has 1 aliphatic heterocycles. The third-order valence-corrected chi connectivity index (χ3v) is 2.57. The van der Waals surface area contributed by atoms with Crippen molar-refractivity contribution in [3.8, 4) is 0 Å². The van der Waals surface area contributed by atoms with Crippen molar-refractivity contribution in [1.29, 1.82) is 0 Å². The molecular weight excluding hydrogens is 186 g/mol. The normalized spacial score (nSPS) is 15.3. The molecular formula is C12H15N3. The molecule has 78 valence electrons. The quantitative estimate of drug-likeness (QED) is 0.754. The Labute approximate surface area is 89.9 Å². The lowest BCUT2D eigenvalue weighted by molar-refractivity contribution is 1.05. The summed E-state index contributed by atoms with van der Waals surface area (Å²) in [5, 5.41) is 0. The zero-order valence-electron chi connectivity index (χ0n) is 9.07. The number of hydrogen-bond donors (Lipinski definition) is 1. The van der Waals surface area contributed by atoms with E-state index in [-0.39, 0.29) is 0 Å². The van der Waals surface area contributed by atoms with Gasteiger partial charge in [-0.3, -0.25) is 0 Å². The molecule has 0 bridgehead atoms. The first-order valence-electron chi connectivity index (χ1n) is 5.01. The van der Waals surface area contributed by atoms with E-state index in [1.807, 2.05) is 6.08 Å². The molecule has 0 spiro atoms. The summed E-state index contributed by atoms with van der Waals surface area (Å²) in [6, 6.07) is 6.29. The van der Waals surface area contributed by atoms with E-state index < -0.39 is 0 Å². The Morgan fingerprint density at radius 3 is 2.47 bits per heavy atom. The number of para-hydroxylation sites is 1. The molecule has 3 nitrogen and oxygen atoms in total. The SMILES string of the molecule is Cc1cccc(C)c1N1C=NC(N)=CC1. The van der Waals surface area contributed by atoms with Crippen molar-refractivity contribution in [2.24, 2.45) is 10.7 Å². The van der Waals surface area contributed by atoms with E-state index in [4.69, 9.17) is 5.73 Å². The van der Waals surface area contributed by atoms with Crippen LogP contribution in [0.4, 0.5) is 5.69 Å². The average Bonchev–Trinajstić information content (AvgIpc) is 2.20. The summed E-state index contributed by atoms with van der Waals surface area (Å²) in [5.74, 6) is 0.595. The van der Waals surface area contributed by atoms with Crippen LogP contribution in [0.15, 0.2) is 35.1 Å². The van der Waals surface area contributed by atoms with Gasteiger partial charge in [0.15, 0.2) is 0 Å². The minimum absolute atomic E-state index is 0.595. The highest BCUT2D eigenvalue weighted by Gasteiger charge is 2.11. The number of aliphatic imine (C=N–C) groups is 1. The lowest BCUT2D eigenvalue weighted by atomic mass is 10.1. The molecule has 0 atom stereocenters. The van der Waals surface area contributed by atoms with E-state index in [9.17, 15) is 0 Å². The smallest absolute Gasteiger partial charge is 0.122 e. The van der Waals surface area contributed by atoms with E-state index in [2.05, 4.69) is 41.9 Å². The van der Waals surface area contributed by atoms with Gasteiger partial charge in [0.05, 0.1) is 6.34 Å². The minimum Gasteiger partial charge on any atom is -0.384 e. The van der Waals surface area contributed by atoms with Gasteiger partial charge in [0.1, 0.15) is 5.82 Å². The van der Waals surface area contributed by atoms with Crippen molar-refractivity contribution in [3.05, 3.63) is 41.2 Å². The van der Waals surface area contributed by atoms with Crippen molar-refractivity contribution in [1.82, 2.24) is 0 Å².